The zero-order valence-corrected chi connectivity index (χ0v) is 14.5. The summed E-state index contributed by atoms with van der Waals surface area (Å²) < 4.78 is 0. The predicted molar refractivity (Wildman–Crippen MR) is 100 cm³/mol. The highest BCUT2D eigenvalue weighted by molar-refractivity contribution is 5.96. The highest BCUT2D eigenvalue weighted by Crippen LogP contribution is 2.29. The number of pyridine rings is 2. The Bertz CT molecular complexity index is 815. The van der Waals surface area contributed by atoms with Gasteiger partial charge in [0.1, 0.15) is 0 Å². The highest BCUT2D eigenvalue weighted by Gasteiger charge is 2.20. The fourth-order valence-corrected chi connectivity index (χ4v) is 2.82. The minimum absolute atomic E-state index is 0.0712. The van der Waals surface area contributed by atoms with Gasteiger partial charge in [0.25, 0.3) is 0 Å². The standard InChI is InChI=1S/C21H21N3O/c1-24(2)18-8-6-16(7-9-18)19(20-5-3-4-12-23-20)15-21(25)17-10-13-22-14-11-17/h3-14,19H,15H2,1-2H3. The molecule has 1 atom stereocenters. The minimum Gasteiger partial charge on any atom is -0.378 e. The summed E-state index contributed by atoms with van der Waals surface area (Å²) in [6.07, 6.45) is 5.44. The van der Waals surface area contributed by atoms with Gasteiger partial charge in [-0.1, -0.05) is 18.2 Å². The molecule has 3 aromatic rings. The lowest BCUT2D eigenvalue weighted by molar-refractivity contribution is 0.0977. The Kier molecular flexibility index (Phi) is 5.19. The molecular weight excluding hydrogens is 310 g/mol. The molecule has 2 heterocycles. The number of Topliss-reactive ketones (excluding diaryl/α,β-unsaturated/α-hetero) is 1. The molecule has 1 aromatic carbocycles. The quantitative estimate of drug-likeness (QED) is 0.642. The van der Waals surface area contributed by atoms with E-state index in [9.17, 15) is 4.79 Å². The fraction of sp³-hybridized carbons (Fsp3) is 0.190. The number of ketones is 1. The summed E-state index contributed by atoms with van der Waals surface area (Å²) in [5.41, 5.74) is 3.80. The lowest BCUT2D eigenvalue weighted by Crippen LogP contribution is -2.12. The summed E-state index contributed by atoms with van der Waals surface area (Å²) in [5.74, 6) is 0.0211. The van der Waals surface area contributed by atoms with Crippen LogP contribution in [0.1, 0.15) is 34.0 Å². The van der Waals surface area contributed by atoms with E-state index >= 15 is 0 Å². The molecule has 2 aromatic heterocycles. The van der Waals surface area contributed by atoms with Crippen LogP contribution >= 0.6 is 0 Å². The molecule has 0 amide bonds. The number of anilines is 1. The first-order valence-electron chi connectivity index (χ1n) is 8.26. The van der Waals surface area contributed by atoms with Crippen molar-refractivity contribution in [2.45, 2.75) is 12.3 Å². The summed E-state index contributed by atoms with van der Waals surface area (Å²) >= 11 is 0. The smallest absolute Gasteiger partial charge is 0.163 e. The van der Waals surface area contributed by atoms with Gasteiger partial charge in [0.15, 0.2) is 5.78 Å². The Labute approximate surface area is 148 Å². The second-order valence-electron chi connectivity index (χ2n) is 6.16. The number of nitrogens with zero attached hydrogens (tertiary/aromatic N) is 3. The Balaban J connectivity index is 1.92. The number of carbonyl (C=O) groups is 1. The highest BCUT2D eigenvalue weighted by atomic mass is 16.1. The van der Waals surface area contributed by atoms with Gasteiger partial charge < -0.3 is 4.90 Å². The molecular formula is C21H21N3O. The average molecular weight is 331 g/mol. The van der Waals surface area contributed by atoms with E-state index in [0.717, 1.165) is 16.9 Å². The molecule has 1 unspecified atom stereocenters. The topological polar surface area (TPSA) is 46.1 Å². The van der Waals surface area contributed by atoms with E-state index in [1.807, 2.05) is 32.3 Å². The lowest BCUT2D eigenvalue weighted by Gasteiger charge is -2.18. The normalized spacial score (nSPS) is 11.8. The Morgan fingerprint density at radius 2 is 1.68 bits per heavy atom. The molecule has 0 fully saturated rings. The van der Waals surface area contributed by atoms with Crippen LogP contribution in [0.4, 0.5) is 5.69 Å². The monoisotopic (exact) mass is 331 g/mol. The summed E-state index contributed by atoms with van der Waals surface area (Å²) in [6, 6.07) is 17.6. The van der Waals surface area contributed by atoms with Gasteiger partial charge in [-0.05, 0) is 42.0 Å². The maximum absolute atomic E-state index is 12.7. The molecule has 25 heavy (non-hydrogen) atoms. The van der Waals surface area contributed by atoms with Crippen LogP contribution < -0.4 is 4.90 Å². The number of carbonyl (C=O) groups excluding carboxylic acids is 1. The second-order valence-corrected chi connectivity index (χ2v) is 6.16. The summed E-state index contributed by atoms with van der Waals surface area (Å²) in [5, 5.41) is 0. The van der Waals surface area contributed by atoms with E-state index in [2.05, 4.69) is 39.1 Å². The molecule has 0 spiro atoms. The third kappa shape index (κ3) is 4.10. The van der Waals surface area contributed by atoms with E-state index in [0.29, 0.717) is 12.0 Å². The second kappa shape index (κ2) is 7.71. The van der Waals surface area contributed by atoms with Crippen molar-refractivity contribution in [2.24, 2.45) is 0 Å². The van der Waals surface area contributed by atoms with Crippen LogP contribution in [0.3, 0.4) is 0 Å². The van der Waals surface area contributed by atoms with Gasteiger partial charge in [-0.2, -0.15) is 0 Å². The molecule has 0 saturated heterocycles. The van der Waals surface area contributed by atoms with Crippen LogP contribution in [0.25, 0.3) is 0 Å². The SMILES string of the molecule is CN(C)c1ccc(C(CC(=O)c2ccncc2)c2ccccn2)cc1. The van der Waals surface area contributed by atoms with Crippen LogP contribution in [-0.4, -0.2) is 29.8 Å². The van der Waals surface area contributed by atoms with Crippen LogP contribution in [0, 0.1) is 0 Å². The number of hydrogen-bond acceptors (Lipinski definition) is 4. The maximum Gasteiger partial charge on any atom is 0.163 e. The van der Waals surface area contributed by atoms with Crippen LogP contribution in [0.15, 0.2) is 73.2 Å². The summed E-state index contributed by atoms with van der Waals surface area (Å²) in [7, 11) is 4.02. The van der Waals surface area contributed by atoms with Crippen molar-refractivity contribution < 1.29 is 4.79 Å². The molecule has 0 saturated carbocycles. The number of benzene rings is 1. The zero-order valence-electron chi connectivity index (χ0n) is 14.5. The van der Waals surface area contributed by atoms with Crippen molar-refractivity contribution >= 4 is 11.5 Å². The Morgan fingerprint density at radius 1 is 0.960 bits per heavy atom. The fourth-order valence-electron chi connectivity index (χ4n) is 2.82. The number of aromatic nitrogens is 2. The van der Waals surface area contributed by atoms with Crippen molar-refractivity contribution in [3.05, 3.63) is 90.0 Å². The number of rotatable bonds is 6. The Hall–Kier alpha value is -3.01. The van der Waals surface area contributed by atoms with Crippen molar-refractivity contribution in [1.29, 1.82) is 0 Å². The van der Waals surface area contributed by atoms with E-state index < -0.39 is 0 Å². The van der Waals surface area contributed by atoms with Crippen molar-refractivity contribution in [3.63, 3.8) is 0 Å². The predicted octanol–water partition coefficient (Wildman–Crippen LogP) is 3.95. The van der Waals surface area contributed by atoms with Gasteiger partial charge in [-0.25, -0.2) is 0 Å². The largest absolute Gasteiger partial charge is 0.378 e. The van der Waals surface area contributed by atoms with Gasteiger partial charge >= 0.3 is 0 Å². The van der Waals surface area contributed by atoms with Crippen LogP contribution in [0.2, 0.25) is 0 Å². The molecule has 3 rings (SSSR count). The molecule has 126 valence electrons. The molecule has 0 aliphatic carbocycles. The first-order chi connectivity index (χ1) is 12.1. The van der Waals surface area contributed by atoms with Crippen molar-refractivity contribution in [3.8, 4) is 0 Å². The van der Waals surface area contributed by atoms with Gasteiger partial charge in [-0.3, -0.25) is 14.8 Å². The van der Waals surface area contributed by atoms with Crippen molar-refractivity contribution in [1.82, 2.24) is 9.97 Å². The molecule has 0 bridgehead atoms. The lowest BCUT2D eigenvalue weighted by atomic mass is 9.88. The Morgan fingerprint density at radius 3 is 2.28 bits per heavy atom. The maximum atomic E-state index is 12.7. The average Bonchev–Trinajstić information content (AvgIpc) is 2.67. The van der Waals surface area contributed by atoms with Gasteiger partial charge in [-0.15, -0.1) is 0 Å². The van der Waals surface area contributed by atoms with E-state index in [4.69, 9.17) is 0 Å². The van der Waals surface area contributed by atoms with Crippen LogP contribution in [-0.2, 0) is 0 Å². The third-order valence-electron chi connectivity index (χ3n) is 4.25. The van der Waals surface area contributed by atoms with Crippen molar-refractivity contribution in [2.75, 3.05) is 19.0 Å². The summed E-state index contributed by atoms with van der Waals surface area (Å²) in [4.78, 5) is 23.2. The molecule has 0 aliphatic heterocycles. The summed E-state index contributed by atoms with van der Waals surface area (Å²) in [6.45, 7) is 0. The minimum atomic E-state index is -0.0712. The van der Waals surface area contributed by atoms with Gasteiger partial charge in [0.2, 0.25) is 0 Å². The first kappa shape index (κ1) is 16.8. The molecule has 4 heteroatoms. The molecule has 0 aliphatic rings. The first-order valence-corrected chi connectivity index (χ1v) is 8.26. The zero-order chi connectivity index (χ0) is 17.6. The van der Waals surface area contributed by atoms with Gasteiger partial charge in [0.05, 0.1) is 0 Å². The molecule has 0 radical (unpaired) electrons. The third-order valence-corrected chi connectivity index (χ3v) is 4.25. The number of hydrogen-bond donors (Lipinski definition) is 0. The molecule has 4 nitrogen and oxygen atoms in total. The van der Waals surface area contributed by atoms with Crippen LogP contribution in [0.5, 0.6) is 0 Å². The van der Waals surface area contributed by atoms with E-state index in [-0.39, 0.29) is 11.7 Å². The van der Waals surface area contributed by atoms with E-state index in [1.54, 1.807) is 30.7 Å². The molecule has 0 N–H and O–H groups in total. The van der Waals surface area contributed by atoms with E-state index in [1.165, 1.54) is 0 Å². The van der Waals surface area contributed by atoms with Gasteiger partial charge in [0, 0.05) is 62.0 Å².